The molecule has 0 radical (unpaired) electrons. The summed E-state index contributed by atoms with van der Waals surface area (Å²) >= 11 is 4.81. The Morgan fingerprint density at radius 1 is 1.62 bits per heavy atom. The molecule has 0 atom stereocenters. The van der Waals surface area contributed by atoms with Gasteiger partial charge < -0.3 is 11.1 Å². The van der Waals surface area contributed by atoms with Crippen molar-refractivity contribution in [3.05, 3.63) is 29.3 Å². The van der Waals surface area contributed by atoms with Crippen LogP contribution in [0.4, 0.5) is 5.69 Å². The lowest BCUT2D eigenvalue weighted by Crippen LogP contribution is -2.10. The number of nitrogens with two attached hydrogens (primary N) is 1. The number of carbonyl (C=O) groups excluding carboxylic acids is 1. The van der Waals surface area contributed by atoms with Gasteiger partial charge in [0.2, 0.25) is 6.41 Å². The SMILES string of the molecule is Cc1ccc(C(N)=S)cc1NC=O. The third-order valence-electron chi connectivity index (χ3n) is 1.74. The fourth-order valence-corrected chi connectivity index (χ4v) is 1.12. The highest BCUT2D eigenvalue weighted by atomic mass is 32.1. The Balaban J connectivity index is 3.10. The molecule has 1 aromatic rings. The maximum Gasteiger partial charge on any atom is 0.211 e. The van der Waals surface area contributed by atoms with E-state index in [9.17, 15) is 4.79 Å². The van der Waals surface area contributed by atoms with Gasteiger partial charge >= 0.3 is 0 Å². The van der Waals surface area contributed by atoms with Crippen molar-refractivity contribution in [2.24, 2.45) is 5.73 Å². The standard InChI is InChI=1S/C9H10N2OS/c1-6-2-3-7(9(10)13)4-8(6)11-5-12/h2-5H,1H3,(H2,10,13)(H,11,12). The van der Waals surface area contributed by atoms with Gasteiger partial charge in [0.25, 0.3) is 0 Å². The molecule has 0 saturated carbocycles. The Morgan fingerprint density at radius 2 is 2.31 bits per heavy atom. The molecule has 3 nitrogen and oxygen atoms in total. The molecule has 0 aliphatic rings. The summed E-state index contributed by atoms with van der Waals surface area (Å²) in [6.45, 7) is 1.90. The minimum Gasteiger partial charge on any atom is -0.389 e. The number of hydrogen-bond donors (Lipinski definition) is 2. The number of hydrogen-bond acceptors (Lipinski definition) is 2. The maximum atomic E-state index is 10.2. The van der Waals surface area contributed by atoms with Gasteiger partial charge in [0.1, 0.15) is 4.99 Å². The van der Waals surface area contributed by atoms with Gasteiger partial charge in [-0.2, -0.15) is 0 Å². The van der Waals surface area contributed by atoms with E-state index in [4.69, 9.17) is 18.0 Å². The summed E-state index contributed by atoms with van der Waals surface area (Å²) in [5.41, 5.74) is 7.91. The molecular weight excluding hydrogens is 184 g/mol. The van der Waals surface area contributed by atoms with Crippen LogP contribution in [0.5, 0.6) is 0 Å². The summed E-state index contributed by atoms with van der Waals surface area (Å²) in [5.74, 6) is 0. The Labute approximate surface area is 81.9 Å². The first-order chi connectivity index (χ1) is 6.15. The summed E-state index contributed by atoms with van der Waals surface area (Å²) in [5, 5.41) is 2.58. The van der Waals surface area contributed by atoms with Crippen molar-refractivity contribution < 1.29 is 4.79 Å². The molecule has 0 bridgehead atoms. The Kier molecular flexibility index (Phi) is 2.97. The summed E-state index contributed by atoms with van der Waals surface area (Å²) in [6, 6.07) is 5.44. The highest BCUT2D eigenvalue weighted by Gasteiger charge is 2.00. The van der Waals surface area contributed by atoms with Crippen molar-refractivity contribution in [2.45, 2.75) is 6.92 Å². The number of rotatable bonds is 3. The van der Waals surface area contributed by atoms with Crippen molar-refractivity contribution in [3.63, 3.8) is 0 Å². The molecule has 13 heavy (non-hydrogen) atoms. The average Bonchev–Trinajstić information content (AvgIpc) is 2.08. The molecule has 4 heteroatoms. The molecule has 1 amide bonds. The second-order valence-corrected chi connectivity index (χ2v) is 3.10. The minimum atomic E-state index is 0.328. The van der Waals surface area contributed by atoms with Crippen LogP contribution in [0.25, 0.3) is 0 Å². The van der Waals surface area contributed by atoms with Gasteiger partial charge in [-0.1, -0.05) is 24.4 Å². The van der Waals surface area contributed by atoms with Crippen molar-refractivity contribution in [1.29, 1.82) is 0 Å². The second-order valence-electron chi connectivity index (χ2n) is 2.66. The summed E-state index contributed by atoms with van der Waals surface area (Å²) in [7, 11) is 0. The molecule has 0 aromatic heterocycles. The van der Waals surface area contributed by atoms with Crippen LogP contribution in [0.1, 0.15) is 11.1 Å². The molecule has 0 heterocycles. The normalized spacial score (nSPS) is 9.31. The van der Waals surface area contributed by atoms with Gasteiger partial charge in [-0.25, -0.2) is 0 Å². The topological polar surface area (TPSA) is 55.1 Å². The van der Waals surface area contributed by atoms with Gasteiger partial charge in [-0.3, -0.25) is 4.79 Å². The predicted molar refractivity (Wildman–Crippen MR) is 56.8 cm³/mol. The van der Waals surface area contributed by atoms with E-state index in [0.717, 1.165) is 16.8 Å². The smallest absolute Gasteiger partial charge is 0.211 e. The third-order valence-corrected chi connectivity index (χ3v) is 1.97. The number of carbonyl (C=O) groups is 1. The molecule has 1 rings (SSSR count). The van der Waals surface area contributed by atoms with Crippen LogP contribution >= 0.6 is 12.2 Å². The zero-order valence-corrected chi connectivity index (χ0v) is 8.02. The monoisotopic (exact) mass is 194 g/mol. The highest BCUT2D eigenvalue weighted by Crippen LogP contribution is 2.15. The van der Waals surface area contributed by atoms with E-state index < -0.39 is 0 Å². The zero-order valence-electron chi connectivity index (χ0n) is 7.20. The molecular formula is C9H10N2OS. The van der Waals surface area contributed by atoms with Crippen LogP contribution in [0.15, 0.2) is 18.2 Å². The molecule has 0 aliphatic heterocycles. The van der Waals surface area contributed by atoms with Crippen molar-refractivity contribution in [1.82, 2.24) is 0 Å². The van der Waals surface area contributed by atoms with Crippen LogP contribution in [-0.4, -0.2) is 11.4 Å². The van der Waals surface area contributed by atoms with Crippen LogP contribution in [-0.2, 0) is 4.79 Å². The lowest BCUT2D eigenvalue weighted by molar-refractivity contribution is -0.105. The van der Waals surface area contributed by atoms with Gasteiger partial charge in [-0.15, -0.1) is 0 Å². The molecule has 3 N–H and O–H groups in total. The second kappa shape index (κ2) is 4.00. The minimum absolute atomic E-state index is 0.328. The lowest BCUT2D eigenvalue weighted by Gasteiger charge is -2.05. The first-order valence-electron chi connectivity index (χ1n) is 3.76. The van der Waals surface area contributed by atoms with Crippen LogP contribution < -0.4 is 11.1 Å². The van der Waals surface area contributed by atoms with E-state index in [1.807, 2.05) is 19.1 Å². The van der Waals surface area contributed by atoms with Crippen molar-refractivity contribution in [3.8, 4) is 0 Å². The number of aryl methyl sites for hydroxylation is 1. The van der Waals surface area contributed by atoms with E-state index in [1.54, 1.807) is 6.07 Å². The number of anilines is 1. The van der Waals surface area contributed by atoms with E-state index in [2.05, 4.69) is 5.32 Å². The highest BCUT2D eigenvalue weighted by molar-refractivity contribution is 7.80. The van der Waals surface area contributed by atoms with Gasteiger partial charge in [0.05, 0.1) is 0 Å². The van der Waals surface area contributed by atoms with Crippen LogP contribution in [0.3, 0.4) is 0 Å². The Morgan fingerprint density at radius 3 is 2.85 bits per heavy atom. The van der Waals surface area contributed by atoms with Crippen LogP contribution in [0.2, 0.25) is 0 Å². The molecule has 0 saturated heterocycles. The first kappa shape index (κ1) is 9.67. The van der Waals surface area contributed by atoms with E-state index in [-0.39, 0.29) is 0 Å². The van der Waals surface area contributed by atoms with Crippen molar-refractivity contribution >= 4 is 29.3 Å². The zero-order chi connectivity index (χ0) is 9.84. The Hall–Kier alpha value is -1.42. The summed E-state index contributed by atoms with van der Waals surface area (Å²) in [4.78, 5) is 10.6. The largest absolute Gasteiger partial charge is 0.389 e. The molecule has 68 valence electrons. The summed E-state index contributed by atoms with van der Waals surface area (Å²) in [6.07, 6.45) is 0.631. The van der Waals surface area contributed by atoms with Gasteiger partial charge in [0.15, 0.2) is 0 Å². The third kappa shape index (κ3) is 2.26. The quantitative estimate of drug-likeness (QED) is 0.561. The van der Waals surface area contributed by atoms with Crippen LogP contribution in [0, 0.1) is 6.92 Å². The lowest BCUT2D eigenvalue weighted by atomic mass is 10.1. The summed E-state index contributed by atoms with van der Waals surface area (Å²) < 4.78 is 0. The van der Waals surface area contributed by atoms with Crippen molar-refractivity contribution in [2.75, 3.05) is 5.32 Å². The molecule has 0 spiro atoms. The number of amides is 1. The molecule has 0 fully saturated rings. The maximum absolute atomic E-state index is 10.2. The molecule has 0 aliphatic carbocycles. The predicted octanol–water partition coefficient (Wildman–Crippen LogP) is 1.20. The van der Waals surface area contributed by atoms with E-state index >= 15 is 0 Å². The Bertz CT molecular complexity index is 349. The first-order valence-corrected chi connectivity index (χ1v) is 4.16. The number of nitrogens with one attached hydrogen (secondary N) is 1. The van der Waals surface area contributed by atoms with E-state index in [0.29, 0.717) is 11.4 Å². The fraction of sp³-hybridized carbons (Fsp3) is 0.111. The van der Waals surface area contributed by atoms with Gasteiger partial charge in [-0.05, 0) is 18.6 Å². The average molecular weight is 194 g/mol. The number of benzene rings is 1. The van der Waals surface area contributed by atoms with Gasteiger partial charge in [0, 0.05) is 11.3 Å². The number of thiocarbonyl (C=S) groups is 1. The molecule has 1 aromatic carbocycles. The fourth-order valence-electron chi connectivity index (χ4n) is 0.994. The van der Waals surface area contributed by atoms with E-state index in [1.165, 1.54) is 0 Å². The molecule has 0 unspecified atom stereocenters.